The van der Waals surface area contributed by atoms with Gasteiger partial charge in [0.1, 0.15) is 5.75 Å². The van der Waals surface area contributed by atoms with Gasteiger partial charge in [0.2, 0.25) is 11.8 Å². The van der Waals surface area contributed by atoms with Crippen LogP contribution in [0.5, 0.6) is 5.75 Å². The molecule has 3 aromatic rings. The van der Waals surface area contributed by atoms with E-state index >= 15 is 0 Å². The highest BCUT2D eigenvalue weighted by Gasteiger charge is 2.20. The molecule has 0 spiro atoms. The molecule has 0 radical (unpaired) electrons. The molecule has 0 aliphatic heterocycles. The minimum atomic E-state index is -0.341. The quantitative estimate of drug-likeness (QED) is 0.464. The molecule has 158 valence electrons. The van der Waals surface area contributed by atoms with Crippen molar-refractivity contribution < 1.29 is 13.9 Å². The normalized spacial score (nSPS) is 12.9. The minimum absolute atomic E-state index is 0.0461. The van der Waals surface area contributed by atoms with Crippen molar-refractivity contribution in [2.24, 2.45) is 0 Å². The summed E-state index contributed by atoms with van der Waals surface area (Å²) in [5.74, 6) is 1.46. The van der Waals surface area contributed by atoms with E-state index in [4.69, 9.17) is 9.15 Å². The van der Waals surface area contributed by atoms with Gasteiger partial charge >= 0.3 is 0 Å². The zero-order valence-corrected chi connectivity index (χ0v) is 18.3. The molecule has 3 rings (SSSR count). The van der Waals surface area contributed by atoms with Crippen molar-refractivity contribution in [2.75, 3.05) is 13.2 Å². The zero-order valence-electron chi connectivity index (χ0n) is 17.5. The third-order valence-corrected chi connectivity index (χ3v) is 5.69. The van der Waals surface area contributed by atoms with Crippen LogP contribution in [0, 0.1) is 0 Å². The number of amides is 1. The van der Waals surface area contributed by atoms with Crippen LogP contribution in [0.25, 0.3) is 11.5 Å². The summed E-state index contributed by atoms with van der Waals surface area (Å²) in [6, 6.07) is 17.7. The van der Waals surface area contributed by atoms with Crippen molar-refractivity contribution >= 4 is 17.7 Å². The summed E-state index contributed by atoms with van der Waals surface area (Å²) in [6.45, 7) is 7.13. The number of rotatable bonds is 10. The van der Waals surface area contributed by atoms with Crippen LogP contribution < -0.4 is 10.1 Å². The lowest BCUT2D eigenvalue weighted by molar-refractivity contribution is -0.120. The van der Waals surface area contributed by atoms with Crippen LogP contribution in [0.3, 0.4) is 0 Å². The van der Waals surface area contributed by atoms with Gasteiger partial charge < -0.3 is 14.5 Å². The Labute approximate surface area is 181 Å². The van der Waals surface area contributed by atoms with Gasteiger partial charge in [-0.25, -0.2) is 0 Å². The molecule has 30 heavy (non-hydrogen) atoms. The van der Waals surface area contributed by atoms with E-state index in [1.165, 1.54) is 17.3 Å². The Morgan fingerprint density at radius 1 is 1.10 bits per heavy atom. The summed E-state index contributed by atoms with van der Waals surface area (Å²) >= 11 is 1.26. The number of hydrogen-bond donors (Lipinski definition) is 1. The number of carbonyl (C=O) groups is 1. The van der Waals surface area contributed by atoms with Crippen LogP contribution in [-0.2, 0) is 4.79 Å². The van der Waals surface area contributed by atoms with Crippen molar-refractivity contribution in [1.29, 1.82) is 0 Å². The van der Waals surface area contributed by atoms with E-state index in [-0.39, 0.29) is 11.2 Å². The molecule has 1 heterocycles. The molecule has 2 atom stereocenters. The van der Waals surface area contributed by atoms with E-state index in [0.717, 1.165) is 17.7 Å². The van der Waals surface area contributed by atoms with Crippen LogP contribution in [0.1, 0.15) is 38.7 Å². The van der Waals surface area contributed by atoms with Gasteiger partial charge in [0, 0.05) is 18.0 Å². The maximum absolute atomic E-state index is 12.5. The van der Waals surface area contributed by atoms with Gasteiger partial charge in [-0.2, -0.15) is 0 Å². The second-order valence-electron chi connectivity index (χ2n) is 6.85. The topological polar surface area (TPSA) is 77.2 Å². The largest absolute Gasteiger partial charge is 0.494 e. The van der Waals surface area contributed by atoms with Gasteiger partial charge in [0.25, 0.3) is 5.22 Å². The molecule has 1 aromatic heterocycles. The van der Waals surface area contributed by atoms with Crippen LogP contribution in [0.4, 0.5) is 0 Å². The fourth-order valence-electron chi connectivity index (χ4n) is 3.03. The number of aromatic nitrogens is 2. The third kappa shape index (κ3) is 5.86. The number of nitrogens with one attached hydrogen (secondary N) is 1. The Morgan fingerprint density at radius 2 is 1.83 bits per heavy atom. The summed E-state index contributed by atoms with van der Waals surface area (Å²) in [5, 5.41) is 11.2. The first kappa shape index (κ1) is 21.9. The number of nitrogens with zero attached hydrogens (tertiary/aromatic N) is 2. The molecule has 0 aliphatic rings. The molecule has 6 nitrogen and oxygen atoms in total. The molecule has 0 saturated carbocycles. The smallest absolute Gasteiger partial charge is 0.277 e. The summed E-state index contributed by atoms with van der Waals surface area (Å²) < 4.78 is 11.2. The van der Waals surface area contributed by atoms with Gasteiger partial charge in [-0.15, -0.1) is 10.2 Å². The third-order valence-electron chi connectivity index (χ3n) is 4.75. The lowest BCUT2D eigenvalue weighted by Crippen LogP contribution is -2.34. The van der Waals surface area contributed by atoms with Gasteiger partial charge in [0.15, 0.2) is 0 Å². The number of hydrogen-bond acceptors (Lipinski definition) is 6. The zero-order chi connectivity index (χ0) is 21.3. The highest BCUT2D eigenvalue weighted by molar-refractivity contribution is 8.00. The molecule has 0 saturated heterocycles. The maximum Gasteiger partial charge on any atom is 0.277 e. The summed E-state index contributed by atoms with van der Waals surface area (Å²) in [4.78, 5) is 12.5. The predicted molar refractivity (Wildman–Crippen MR) is 119 cm³/mol. The summed E-state index contributed by atoms with van der Waals surface area (Å²) in [5.41, 5.74) is 2.04. The SMILES string of the molecule is CCOc1ccc(-c2nnc(S[C@@H](C)C(=O)NC[C@@H](CC)c3ccccc3)o2)cc1. The lowest BCUT2D eigenvalue weighted by atomic mass is 9.96. The van der Waals surface area contributed by atoms with E-state index in [2.05, 4.69) is 34.6 Å². The molecule has 0 bridgehead atoms. The standard InChI is InChI=1S/C23H27N3O3S/c1-4-17(18-9-7-6-8-10-18)15-24-21(27)16(3)30-23-26-25-22(29-23)19-11-13-20(14-12-19)28-5-2/h6-14,16-17H,4-5,15H2,1-3H3,(H,24,27)/t16-,17+/m0/s1. The van der Waals surface area contributed by atoms with Crippen molar-refractivity contribution in [1.82, 2.24) is 15.5 Å². The van der Waals surface area contributed by atoms with Gasteiger partial charge in [0.05, 0.1) is 11.9 Å². The number of ether oxygens (including phenoxy) is 1. The second-order valence-corrected chi connectivity index (χ2v) is 8.14. The van der Waals surface area contributed by atoms with Crippen LogP contribution in [-0.4, -0.2) is 34.5 Å². The Balaban J connectivity index is 1.54. The number of thioether (sulfide) groups is 1. The van der Waals surface area contributed by atoms with E-state index in [0.29, 0.717) is 30.2 Å². The Hall–Kier alpha value is -2.80. The molecule has 7 heteroatoms. The molecular weight excluding hydrogens is 398 g/mol. The highest BCUT2D eigenvalue weighted by Crippen LogP contribution is 2.27. The molecule has 0 fully saturated rings. The number of benzene rings is 2. The molecule has 0 unspecified atom stereocenters. The van der Waals surface area contributed by atoms with Gasteiger partial charge in [-0.05, 0) is 50.1 Å². The lowest BCUT2D eigenvalue weighted by Gasteiger charge is -2.17. The van der Waals surface area contributed by atoms with Crippen LogP contribution >= 0.6 is 11.8 Å². The monoisotopic (exact) mass is 425 g/mol. The average molecular weight is 426 g/mol. The van der Waals surface area contributed by atoms with E-state index in [1.807, 2.05) is 56.3 Å². The average Bonchev–Trinajstić information content (AvgIpc) is 3.24. The first-order chi connectivity index (χ1) is 14.6. The van der Waals surface area contributed by atoms with Gasteiger partial charge in [-0.3, -0.25) is 4.79 Å². The molecule has 0 aliphatic carbocycles. The van der Waals surface area contributed by atoms with E-state index in [1.54, 1.807) is 0 Å². The molecule has 1 N–H and O–H groups in total. The maximum atomic E-state index is 12.5. The summed E-state index contributed by atoms with van der Waals surface area (Å²) in [6.07, 6.45) is 0.959. The van der Waals surface area contributed by atoms with E-state index < -0.39 is 0 Å². The number of carbonyl (C=O) groups excluding carboxylic acids is 1. The van der Waals surface area contributed by atoms with E-state index in [9.17, 15) is 4.79 Å². The second kappa shape index (κ2) is 10.8. The molecule has 1 amide bonds. The summed E-state index contributed by atoms with van der Waals surface area (Å²) in [7, 11) is 0. The van der Waals surface area contributed by atoms with Crippen LogP contribution in [0.15, 0.2) is 64.2 Å². The Bertz CT molecular complexity index is 928. The van der Waals surface area contributed by atoms with Crippen molar-refractivity contribution in [3.8, 4) is 17.2 Å². The van der Waals surface area contributed by atoms with Crippen molar-refractivity contribution in [2.45, 2.75) is 43.6 Å². The Kier molecular flexibility index (Phi) is 7.90. The van der Waals surface area contributed by atoms with Crippen LogP contribution in [0.2, 0.25) is 0 Å². The fraction of sp³-hybridized carbons (Fsp3) is 0.348. The Morgan fingerprint density at radius 3 is 2.50 bits per heavy atom. The molecular formula is C23H27N3O3S. The minimum Gasteiger partial charge on any atom is -0.494 e. The first-order valence-electron chi connectivity index (χ1n) is 10.2. The fourth-order valence-corrected chi connectivity index (χ4v) is 3.74. The van der Waals surface area contributed by atoms with Crippen molar-refractivity contribution in [3.63, 3.8) is 0 Å². The van der Waals surface area contributed by atoms with Gasteiger partial charge in [-0.1, -0.05) is 49.0 Å². The highest BCUT2D eigenvalue weighted by atomic mass is 32.2. The van der Waals surface area contributed by atoms with Crippen molar-refractivity contribution in [3.05, 3.63) is 60.2 Å². The predicted octanol–water partition coefficient (Wildman–Crippen LogP) is 4.93. The first-order valence-corrected chi connectivity index (χ1v) is 11.0. The molecule has 2 aromatic carbocycles.